The Hall–Kier alpha value is -1.77. The fraction of sp³-hybridized carbons (Fsp3) is 0.385. The first-order valence-electron chi connectivity index (χ1n) is 5.56. The molecule has 1 rings (SSSR count). The predicted octanol–water partition coefficient (Wildman–Crippen LogP) is 2.84. The topological polar surface area (TPSA) is 73.9 Å². The standard InChI is InChI=1S/C13H15ClN2O3/c1-7-8(5-6-9(15-4)10(7)14)16-11(12(17)18)13(2,3)19/h5-6,11,16,19H,1-3H3,(H,17,18)/t11-/m0/s1. The molecule has 0 amide bonds. The highest BCUT2D eigenvalue weighted by Gasteiger charge is 2.33. The van der Waals surface area contributed by atoms with Crippen LogP contribution in [0.15, 0.2) is 12.1 Å². The minimum absolute atomic E-state index is 0.278. The van der Waals surface area contributed by atoms with Crippen molar-refractivity contribution in [2.45, 2.75) is 32.4 Å². The highest BCUT2D eigenvalue weighted by Crippen LogP contribution is 2.33. The normalized spacial score (nSPS) is 12.6. The number of halogens is 1. The summed E-state index contributed by atoms with van der Waals surface area (Å²) in [7, 11) is 0. The molecule has 6 heteroatoms. The maximum Gasteiger partial charge on any atom is 0.329 e. The second-order valence-corrected chi connectivity index (χ2v) is 5.13. The van der Waals surface area contributed by atoms with Gasteiger partial charge in [0.2, 0.25) is 5.69 Å². The summed E-state index contributed by atoms with van der Waals surface area (Å²) in [5.41, 5.74) is -0.0825. The molecule has 0 radical (unpaired) electrons. The van der Waals surface area contributed by atoms with Crippen molar-refractivity contribution in [3.63, 3.8) is 0 Å². The number of carbonyl (C=O) groups is 1. The van der Waals surface area contributed by atoms with Gasteiger partial charge in [0.05, 0.1) is 17.2 Å². The molecule has 0 spiro atoms. The molecule has 102 valence electrons. The molecular formula is C13H15ClN2O3. The van der Waals surface area contributed by atoms with Gasteiger partial charge in [-0.25, -0.2) is 9.64 Å². The summed E-state index contributed by atoms with van der Waals surface area (Å²) >= 11 is 6.01. The van der Waals surface area contributed by atoms with Crippen LogP contribution in [-0.2, 0) is 4.79 Å². The number of aliphatic carboxylic acids is 1. The Balaban J connectivity index is 3.16. The highest BCUT2D eigenvalue weighted by atomic mass is 35.5. The predicted molar refractivity (Wildman–Crippen MR) is 73.8 cm³/mol. The van der Waals surface area contributed by atoms with Gasteiger partial charge in [-0.05, 0) is 32.4 Å². The number of hydrogen-bond donors (Lipinski definition) is 3. The van der Waals surface area contributed by atoms with Crippen LogP contribution in [0.25, 0.3) is 4.85 Å². The van der Waals surface area contributed by atoms with E-state index >= 15 is 0 Å². The van der Waals surface area contributed by atoms with Gasteiger partial charge in [0.1, 0.15) is 0 Å². The number of carboxylic acid groups (broad SMARTS) is 1. The Kier molecular flexibility index (Phi) is 4.40. The van der Waals surface area contributed by atoms with Gasteiger partial charge in [0.25, 0.3) is 0 Å². The van der Waals surface area contributed by atoms with Crippen LogP contribution in [-0.4, -0.2) is 27.8 Å². The number of nitrogens with zero attached hydrogens (tertiary/aromatic N) is 1. The zero-order chi connectivity index (χ0) is 14.8. The maximum absolute atomic E-state index is 11.2. The molecule has 0 saturated heterocycles. The molecule has 0 bridgehead atoms. The molecule has 0 saturated carbocycles. The molecule has 1 aromatic carbocycles. The smallest absolute Gasteiger partial charge is 0.329 e. The van der Waals surface area contributed by atoms with Crippen molar-refractivity contribution < 1.29 is 15.0 Å². The van der Waals surface area contributed by atoms with Gasteiger partial charge < -0.3 is 15.5 Å². The van der Waals surface area contributed by atoms with Crippen LogP contribution in [0.2, 0.25) is 5.02 Å². The Morgan fingerprint density at radius 1 is 1.53 bits per heavy atom. The average molecular weight is 283 g/mol. The average Bonchev–Trinajstić information content (AvgIpc) is 2.29. The first kappa shape index (κ1) is 15.3. The molecular weight excluding hydrogens is 268 g/mol. The molecule has 1 atom stereocenters. The van der Waals surface area contributed by atoms with E-state index in [0.717, 1.165) is 0 Å². The summed E-state index contributed by atoms with van der Waals surface area (Å²) in [6, 6.07) is 1.91. The summed E-state index contributed by atoms with van der Waals surface area (Å²) in [4.78, 5) is 14.4. The minimum Gasteiger partial charge on any atom is -0.480 e. The van der Waals surface area contributed by atoms with E-state index in [1.165, 1.54) is 19.9 Å². The van der Waals surface area contributed by atoms with E-state index < -0.39 is 17.6 Å². The first-order valence-corrected chi connectivity index (χ1v) is 5.94. The molecule has 0 aliphatic rings. The van der Waals surface area contributed by atoms with Gasteiger partial charge in [-0.15, -0.1) is 0 Å². The summed E-state index contributed by atoms with van der Waals surface area (Å²) in [6.45, 7) is 11.4. The summed E-state index contributed by atoms with van der Waals surface area (Å²) < 4.78 is 0. The van der Waals surface area contributed by atoms with Crippen LogP contribution >= 0.6 is 11.6 Å². The number of aliphatic hydroxyl groups is 1. The summed E-state index contributed by atoms with van der Waals surface area (Å²) in [5, 5.41) is 22.0. The Morgan fingerprint density at radius 2 is 2.11 bits per heavy atom. The highest BCUT2D eigenvalue weighted by molar-refractivity contribution is 6.34. The van der Waals surface area contributed by atoms with Crippen molar-refractivity contribution in [1.82, 2.24) is 0 Å². The van der Waals surface area contributed by atoms with Gasteiger partial charge in [-0.3, -0.25) is 0 Å². The lowest BCUT2D eigenvalue weighted by atomic mass is 9.98. The van der Waals surface area contributed by atoms with E-state index in [2.05, 4.69) is 10.2 Å². The van der Waals surface area contributed by atoms with E-state index in [1.807, 2.05) is 0 Å². The van der Waals surface area contributed by atoms with E-state index in [-0.39, 0.29) is 5.02 Å². The number of carboxylic acids is 1. The quantitative estimate of drug-likeness (QED) is 0.743. The zero-order valence-electron chi connectivity index (χ0n) is 10.9. The van der Waals surface area contributed by atoms with Crippen LogP contribution in [0.3, 0.4) is 0 Å². The summed E-state index contributed by atoms with van der Waals surface area (Å²) in [6.07, 6.45) is 0. The number of benzene rings is 1. The number of anilines is 1. The minimum atomic E-state index is -1.44. The molecule has 3 N–H and O–H groups in total. The zero-order valence-corrected chi connectivity index (χ0v) is 11.6. The molecule has 19 heavy (non-hydrogen) atoms. The van der Waals surface area contributed by atoms with Crippen LogP contribution in [0.1, 0.15) is 19.4 Å². The first-order chi connectivity index (χ1) is 8.68. The molecule has 5 nitrogen and oxygen atoms in total. The maximum atomic E-state index is 11.2. The van der Waals surface area contributed by atoms with Crippen LogP contribution in [0, 0.1) is 13.5 Å². The third-order valence-electron chi connectivity index (χ3n) is 2.74. The second kappa shape index (κ2) is 5.47. The van der Waals surface area contributed by atoms with Gasteiger partial charge in [-0.1, -0.05) is 17.7 Å². The van der Waals surface area contributed by atoms with Crippen molar-refractivity contribution in [2.75, 3.05) is 5.32 Å². The van der Waals surface area contributed by atoms with Crippen LogP contribution in [0.5, 0.6) is 0 Å². The fourth-order valence-electron chi connectivity index (χ4n) is 1.61. The third-order valence-corrected chi connectivity index (χ3v) is 3.22. The molecule has 1 aromatic rings. The van der Waals surface area contributed by atoms with Crippen LogP contribution in [0.4, 0.5) is 11.4 Å². The summed E-state index contributed by atoms with van der Waals surface area (Å²) in [5.74, 6) is -1.17. The van der Waals surface area contributed by atoms with Crippen molar-refractivity contribution >= 4 is 28.9 Å². The van der Waals surface area contributed by atoms with Crippen LogP contribution < -0.4 is 5.32 Å². The van der Waals surface area contributed by atoms with Crippen molar-refractivity contribution in [2.24, 2.45) is 0 Å². The molecule has 0 heterocycles. The van der Waals surface area contributed by atoms with E-state index in [4.69, 9.17) is 23.3 Å². The second-order valence-electron chi connectivity index (χ2n) is 4.75. The van der Waals surface area contributed by atoms with Crippen molar-refractivity contribution in [1.29, 1.82) is 0 Å². The van der Waals surface area contributed by atoms with Gasteiger partial charge in [0, 0.05) is 5.69 Å². The Morgan fingerprint density at radius 3 is 2.53 bits per heavy atom. The van der Waals surface area contributed by atoms with Crippen molar-refractivity contribution in [3.8, 4) is 0 Å². The molecule has 0 aliphatic carbocycles. The molecule has 0 aliphatic heterocycles. The van der Waals surface area contributed by atoms with Gasteiger partial charge >= 0.3 is 5.97 Å². The van der Waals surface area contributed by atoms with Crippen molar-refractivity contribution in [3.05, 3.63) is 34.1 Å². The Labute approximate surface area is 116 Å². The van der Waals surface area contributed by atoms with E-state index in [9.17, 15) is 9.90 Å². The monoisotopic (exact) mass is 282 g/mol. The van der Waals surface area contributed by atoms with E-state index in [1.54, 1.807) is 13.0 Å². The molecule has 0 aromatic heterocycles. The fourth-order valence-corrected chi connectivity index (χ4v) is 1.82. The lowest BCUT2D eigenvalue weighted by molar-refractivity contribution is -0.142. The molecule has 0 unspecified atom stereocenters. The Bertz CT molecular complexity index is 544. The van der Waals surface area contributed by atoms with E-state index in [0.29, 0.717) is 16.9 Å². The number of rotatable bonds is 4. The lowest BCUT2D eigenvalue weighted by Gasteiger charge is -2.28. The largest absolute Gasteiger partial charge is 0.480 e. The number of hydrogen-bond acceptors (Lipinski definition) is 3. The third kappa shape index (κ3) is 3.37. The lowest BCUT2D eigenvalue weighted by Crippen LogP contribution is -2.47. The molecule has 0 fully saturated rings. The SMILES string of the molecule is [C-]#[N+]c1ccc(N[C@@H](C(=O)O)C(C)(C)O)c(C)c1Cl. The van der Waals surface area contributed by atoms with Gasteiger partial charge in [-0.2, -0.15) is 0 Å². The van der Waals surface area contributed by atoms with Gasteiger partial charge in [0.15, 0.2) is 6.04 Å². The number of nitrogens with one attached hydrogen (secondary N) is 1.